The van der Waals surface area contributed by atoms with Gasteiger partial charge in [-0.25, -0.2) is 26.9 Å². The van der Waals surface area contributed by atoms with Gasteiger partial charge in [-0.1, -0.05) is 198 Å². The molecule has 0 amide bonds. The Morgan fingerprint density at radius 2 is 1.08 bits per heavy atom. The van der Waals surface area contributed by atoms with Crippen LogP contribution in [0.4, 0.5) is 44.7 Å². The van der Waals surface area contributed by atoms with Gasteiger partial charge < -0.3 is 29.7 Å². The molecule has 20 heteroatoms. The maximum absolute atomic E-state index is 13.8. The van der Waals surface area contributed by atoms with E-state index in [9.17, 15) is 52.5 Å². The van der Waals surface area contributed by atoms with Crippen molar-refractivity contribution >= 4 is 53.0 Å². The summed E-state index contributed by atoms with van der Waals surface area (Å²) < 4.78 is 78.4. The van der Waals surface area contributed by atoms with E-state index in [4.69, 9.17) is 20.9 Å². The minimum Gasteiger partial charge on any atom is -0.507 e. The number of hydrogen-bond acceptors (Lipinski definition) is 13. The summed E-state index contributed by atoms with van der Waals surface area (Å²) in [4.78, 5) is 27.3. The van der Waals surface area contributed by atoms with Gasteiger partial charge in [0.05, 0.1) is 28.3 Å². The number of aryl methyl sites for hydroxylation is 1. The summed E-state index contributed by atoms with van der Waals surface area (Å²) in [7, 11) is 1.61. The second-order valence-electron chi connectivity index (χ2n) is 26.9. The zero-order valence-corrected chi connectivity index (χ0v) is 58.5. The Morgan fingerprint density at radius 3 is 1.66 bits per heavy atom. The van der Waals surface area contributed by atoms with E-state index in [-0.39, 0.29) is 51.0 Å². The van der Waals surface area contributed by atoms with Crippen molar-refractivity contribution in [1.29, 1.82) is 0 Å². The van der Waals surface area contributed by atoms with Crippen molar-refractivity contribution in [3.05, 3.63) is 252 Å². The molecule has 14 nitrogen and oxygen atoms in total. The molecule has 0 unspecified atom stereocenters. The molecule has 0 saturated heterocycles. The number of nitro groups is 1. The van der Waals surface area contributed by atoms with Crippen LogP contribution < -0.4 is 4.74 Å². The third-order valence-corrected chi connectivity index (χ3v) is 16.1. The number of nitro benzene ring substituents is 1. The smallest absolute Gasteiger partial charge is 0.270 e. The Kier molecular flexibility index (Phi) is 24.7. The van der Waals surface area contributed by atoms with Gasteiger partial charge in [-0.15, -0.1) is 0 Å². The van der Waals surface area contributed by atoms with Crippen LogP contribution in [0.5, 0.6) is 28.7 Å². The van der Waals surface area contributed by atoms with Crippen LogP contribution in [0, 0.1) is 46.1 Å². The monoisotopic (exact) mass is 1370 g/mol. The van der Waals surface area contributed by atoms with Crippen LogP contribution in [0.3, 0.4) is 0 Å². The number of benzene rings is 9. The Labute approximate surface area is 578 Å². The highest BCUT2D eigenvalue weighted by molar-refractivity contribution is 6.33. The molecular formula is C79H80ClF5N6O8. The summed E-state index contributed by atoms with van der Waals surface area (Å²) in [6, 6.07) is 47.3. The Hall–Kier alpha value is -10.5. The maximum Gasteiger partial charge on any atom is 0.270 e. The first kappa shape index (κ1) is 75.8. The first-order chi connectivity index (χ1) is 46.5. The molecular weight excluding hydrogens is 1290 g/mol. The Balaban J connectivity index is 0.000000189. The lowest BCUT2D eigenvalue weighted by atomic mass is 9.79. The molecule has 0 spiro atoms. The summed E-state index contributed by atoms with van der Waals surface area (Å²) in [5.41, 5.74) is 8.93. The lowest BCUT2D eigenvalue weighted by molar-refractivity contribution is -0.384. The molecule has 1 aromatic heterocycles. The molecule has 0 radical (unpaired) electrons. The van der Waals surface area contributed by atoms with Crippen molar-refractivity contribution in [3.63, 3.8) is 0 Å². The van der Waals surface area contributed by atoms with Gasteiger partial charge in [0, 0.05) is 64.2 Å². The molecule has 99 heavy (non-hydrogen) atoms. The van der Waals surface area contributed by atoms with Gasteiger partial charge in [-0.3, -0.25) is 20.1 Å². The molecule has 0 saturated carbocycles. The number of aromatic nitrogens is 2. The SMILES string of the molecule is CC(C)(C)c1cc(C=Nc2c(F)c(F)c(F)c(F)c2F)c(O)c(C(C)(C)C)c1.CC(C)c1cccc(C(C)C)c1N=Cc1cc([N+](=O)[O-])ccc1O.COc1ccccc1N=Cc1ccccc1O.Cc1cccc(Cl)c1-c1noc(-c2cc(C(C)(C)C)cc(-c3ccccc3)c2O)n1. The molecule has 0 aliphatic heterocycles. The minimum atomic E-state index is -2.25. The Morgan fingerprint density at radius 1 is 0.556 bits per heavy atom. The summed E-state index contributed by atoms with van der Waals surface area (Å²) in [5, 5.41) is 56.8. The Bertz CT molecular complexity index is 4550. The van der Waals surface area contributed by atoms with Gasteiger partial charge in [0.15, 0.2) is 23.3 Å². The zero-order chi connectivity index (χ0) is 73.0. The van der Waals surface area contributed by atoms with E-state index in [1.807, 2.05) is 158 Å². The van der Waals surface area contributed by atoms with Crippen LogP contribution in [0.15, 0.2) is 177 Å². The quantitative estimate of drug-likeness (QED) is 0.0214. The molecule has 10 aromatic rings. The number of aliphatic imine (C=N–C) groups is 3. The lowest BCUT2D eigenvalue weighted by Gasteiger charge is -2.27. The zero-order valence-electron chi connectivity index (χ0n) is 57.8. The van der Waals surface area contributed by atoms with E-state index in [0.29, 0.717) is 50.7 Å². The molecule has 10 rings (SSSR count). The van der Waals surface area contributed by atoms with Crippen molar-refractivity contribution in [2.45, 2.75) is 125 Å². The van der Waals surface area contributed by atoms with Crippen LogP contribution >= 0.6 is 11.6 Å². The number of halogens is 6. The minimum absolute atomic E-state index is 0.0301. The third kappa shape index (κ3) is 18.8. The number of para-hydroxylation sites is 4. The molecule has 0 aliphatic rings. The van der Waals surface area contributed by atoms with E-state index in [2.05, 4.69) is 73.6 Å². The first-order valence-electron chi connectivity index (χ1n) is 31.6. The number of rotatable bonds is 13. The molecule has 0 atom stereocenters. The van der Waals surface area contributed by atoms with Crippen molar-refractivity contribution < 1.29 is 56.6 Å². The third-order valence-electron chi connectivity index (χ3n) is 15.8. The van der Waals surface area contributed by atoms with Gasteiger partial charge >= 0.3 is 0 Å². The number of phenolic OH excluding ortho intramolecular Hbond substituents is 4. The van der Waals surface area contributed by atoms with E-state index in [0.717, 1.165) is 62.1 Å². The summed E-state index contributed by atoms with van der Waals surface area (Å²) >= 11 is 6.37. The fourth-order valence-corrected chi connectivity index (χ4v) is 10.4. The number of nitrogens with zero attached hydrogens (tertiary/aromatic N) is 6. The van der Waals surface area contributed by atoms with Crippen LogP contribution in [0.25, 0.3) is 34.0 Å². The first-order valence-corrected chi connectivity index (χ1v) is 32.0. The van der Waals surface area contributed by atoms with E-state index < -0.39 is 45.1 Å². The fraction of sp³-hybridized carbons (Fsp3) is 0.253. The van der Waals surface area contributed by atoms with Gasteiger partial charge in [-0.05, 0) is 123 Å². The van der Waals surface area contributed by atoms with Gasteiger partial charge in [0.25, 0.3) is 11.6 Å². The lowest BCUT2D eigenvalue weighted by Crippen LogP contribution is -2.17. The largest absolute Gasteiger partial charge is 0.507 e. The molecule has 4 N–H and O–H groups in total. The van der Waals surface area contributed by atoms with Crippen molar-refractivity contribution in [2.24, 2.45) is 15.0 Å². The summed E-state index contributed by atoms with van der Waals surface area (Å²) in [6.45, 7) is 28.2. The second-order valence-corrected chi connectivity index (χ2v) is 27.3. The number of ether oxygens (including phenoxy) is 1. The average Bonchev–Trinajstić information content (AvgIpc) is 1.65. The predicted octanol–water partition coefficient (Wildman–Crippen LogP) is 21.9. The highest BCUT2D eigenvalue weighted by Crippen LogP contribution is 2.44. The normalized spacial score (nSPS) is 11.8. The van der Waals surface area contributed by atoms with E-state index >= 15 is 0 Å². The molecule has 0 aliphatic carbocycles. The van der Waals surface area contributed by atoms with Crippen LogP contribution in [0.2, 0.25) is 5.02 Å². The van der Waals surface area contributed by atoms with Gasteiger partial charge in [-0.2, -0.15) is 4.98 Å². The van der Waals surface area contributed by atoms with Crippen molar-refractivity contribution in [2.75, 3.05) is 7.11 Å². The predicted molar refractivity (Wildman–Crippen MR) is 385 cm³/mol. The van der Waals surface area contributed by atoms with E-state index in [1.54, 1.807) is 43.7 Å². The summed E-state index contributed by atoms with van der Waals surface area (Å²) in [5.74, 6) is -8.38. The standard InChI is InChI=1S/C25H23ClN2O2.C21H22F5NO.C19H22N2O3.C14H13NO2/c1-15-9-8-12-20(26)21(15)23-27-24(30-28-23)19-14-17(25(2,3)4)13-18(22(19)29)16-10-6-5-7-11-16;1-20(2,3)11-7-10(19(28)12(8-11)21(4,5)6)9-27-18-16(25)14(23)13(22)15(24)17(18)26;1-12(2)16-6-5-7-17(13(3)4)19(16)20-11-14-10-15(21(23)24)8-9-18(14)22;1-17-14-9-5-3-7-12(14)15-10-11-6-2-4-8-13(11)16/h5-14,29H,1-4H3;7-9,28H,1-6H3;5-13,22H,1-4H3;2-10,16H,1H3. The average molecular weight is 1370 g/mol. The molecule has 516 valence electrons. The highest BCUT2D eigenvalue weighted by atomic mass is 35.5. The molecule has 1 heterocycles. The topological polar surface area (TPSA) is 209 Å². The highest BCUT2D eigenvalue weighted by Gasteiger charge is 2.29. The summed E-state index contributed by atoms with van der Waals surface area (Å²) in [6.07, 6.45) is 4.01. The van der Waals surface area contributed by atoms with Crippen LogP contribution in [-0.4, -0.2) is 61.2 Å². The number of phenols is 4. The fourth-order valence-electron chi connectivity index (χ4n) is 10.0. The number of hydrogen-bond donors (Lipinski definition) is 4. The molecule has 0 fully saturated rings. The maximum atomic E-state index is 13.8. The van der Waals surface area contributed by atoms with Crippen LogP contribution in [-0.2, 0) is 16.2 Å². The number of non-ortho nitro benzene ring substituents is 1. The van der Waals surface area contributed by atoms with Gasteiger partial charge in [0.1, 0.15) is 40.1 Å². The molecule has 0 bridgehead atoms. The van der Waals surface area contributed by atoms with E-state index in [1.165, 1.54) is 24.4 Å². The number of methoxy groups -OCH3 is 1. The number of aromatic hydroxyl groups is 4. The van der Waals surface area contributed by atoms with Gasteiger partial charge in [0.2, 0.25) is 11.6 Å². The van der Waals surface area contributed by atoms with Crippen LogP contribution in [0.1, 0.15) is 152 Å². The van der Waals surface area contributed by atoms with Crippen molar-refractivity contribution in [1.82, 2.24) is 10.1 Å². The van der Waals surface area contributed by atoms with Crippen molar-refractivity contribution in [3.8, 4) is 62.7 Å². The molecule has 9 aromatic carbocycles. The second kappa shape index (κ2) is 32.2.